The molecule has 1 aromatic heterocycles. The van der Waals surface area contributed by atoms with E-state index in [1.54, 1.807) is 0 Å². The summed E-state index contributed by atoms with van der Waals surface area (Å²) in [5.74, 6) is 1.42. The Hall–Kier alpha value is -1.23. The normalized spacial score (nSPS) is 18.8. The van der Waals surface area contributed by atoms with Gasteiger partial charge in [-0.05, 0) is 61.8 Å². The Morgan fingerprint density at radius 1 is 1.00 bits per heavy atom. The van der Waals surface area contributed by atoms with E-state index < -0.39 is 0 Å². The van der Waals surface area contributed by atoms with Gasteiger partial charge in [0, 0.05) is 67.6 Å². The second kappa shape index (κ2) is 11.1. The van der Waals surface area contributed by atoms with Crippen LogP contribution in [0.3, 0.4) is 0 Å². The fourth-order valence-electron chi connectivity index (χ4n) is 4.46. The number of aromatic nitrogens is 1. The molecule has 1 aromatic carbocycles. The minimum Gasteiger partial charge on any atom is -0.427 e. The first-order valence-electron chi connectivity index (χ1n) is 10.8. The minimum atomic E-state index is 0.171. The van der Waals surface area contributed by atoms with Crippen molar-refractivity contribution in [2.24, 2.45) is 5.92 Å². The van der Waals surface area contributed by atoms with E-state index in [1.807, 2.05) is 47.5 Å². The predicted octanol–water partition coefficient (Wildman–Crippen LogP) is 4.13. The lowest BCUT2D eigenvalue weighted by molar-refractivity contribution is -0.139. The van der Waals surface area contributed by atoms with Gasteiger partial charge in [0.05, 0.1) is 0 Å². The van der Waals surface area contributed by atoms with E-state index in [1.165, 1.54) is 11.1 Å². The zero-order valence-corrected chi connectivity index (χ0v) is 21.3. The van der Waals surface area contributed by atoms with Crippen molar-refractivity contribution >= 4 is 44.8 Å². The van der Waals surface area contributed by atoms with Crippen molar-refractivity contribution in [3.8, 4) is 5.75 Å². The van der Waals surface area contributed by atoms with Gasteiger partial charge in [0.2, 0.25) is 5.91 Å². The van der Waals surface area contributed by atoms with E-state index in [4.69, 9.17) is 3.07 Å². The van der Waals surface area contributed by atoms with Gasteiger partial charge < -0.3 is 7.97 Å². The van der Waals surface area contributed by atoms with Crippen LogP contribution in [0.25, 0.3) is 0 Å². The number of benzene rings is 1. The number of piperidine rings is 1. The lowest BCUT2D eigenvalue weighted by Crippen LogP contribution is -2.51. The highest BCUT2D eigenvalue weighted by Crippen LogP contribution is 2.27. The van der Waals surface area contributed by atoms with Crippen molar-refractivity contribution in [1.29, 1.82) is 0 Å². The maximum absolute atomic E-state index is 13.1. The Labute approximate surface area is 206 Å². The molecule has 4 rings (SSSR count). The van der Waals surface area contributed by atoms with Gasteiger partial charge in [-0.1, -0.05) is 15.9 Å². The van der Waals surface area contributed by atoms with Crippen LogP contribution in [0.5, 0.6) is 5.75 Å². The van der Waals surface area contributed by atoms with Gasteiger partial charge in [-0.15, -0.1) is 0 Å². The van der Waals surface area contributed by atoms with Crippen molar-refractivity contribution < 1.29 is 7.86 Å². The second-order valence-corrected chi connectivity index (χ2v) is 9.69. The van der Waals surface area contributed by atoms with Crippen LogP contribution in [0.15, 0.2) is 47.2 Å². The number of pyridine rings is 1. The molecule has 0 bridgehead atoms. The molecule has 0 atom stereocenters. The lowest BCUT2D eigenvalue weighted by Gasteiger charge is -2.38. The van der Waals surface area contributed by atoms with Crippen molar-refractivity contribution in [1.82, 2.24) is 19.7 Å². The first-order chi connectivity index (χ1) is 15.1. The van der Waals surface area contributed by atoms with Crippen molar-refractivity contribution in [3.05, 3.63) is 58.3 Å². The third kappa shape index (κ3) is 6.18. The Morgan fingerprint density at radius 3 is 2.35 bits per heavy atom. The number of hydrogen-bond acceptors (Lipinski definition) is 5. The highest BCUT2D eigenvalue weighted by atomic mass is 127. The number of piperazine rings is 1. The quantitative estimate of drug-likeness (QED) is 0.468. The van der Waals surface area contributed by atoms with Crippen LogP contribution in [-0.2, 0) is 17.9 Å². The average molecular weight is 599 g/mol. The molecule has 2 fully saturated rings. The monoisotopic (exact) mass is 598 g/mol. The van der Waals surface area contributed by atoms with Crippen molar-refractivity contribution in [2.45, 2.75) is 25.9 Å². The molecule has 1 amide bonds. The van der Waals surface area contributed by atoms with Gasteiger partial charge in [-0.2, -0.15) is 0 Å². The van der Waals surface area contributed by atoms with E-state index in [2.05, 4.69) is 53.8 Å². The molecular weight excluding hydrogens is 571 g/mol. The number of hydrogen-bond donors (Lipinski definition) is 0. The van der Waals surface area contributed by atoms with Crippen LogP contribution in [-0.4, -0.2) is 64.9 Å². The lowest BCUT2D eigenvalue weighted by atomic mass is 9.94. The predicted molar refractivity (Wildman–Crippen MR) is 133 cm³/mol. The summed E-state index contributed by atoms with van der Waals surface area (Å²) in [7, 11) is 0. The summed E-state index contributed by atoms with van der Waals surface area (Å²) in [5, 5.41) is 0. The Balaban J connectivity index is 1.23. The van der Waals surface area contributed by atoms with Gasteiger partial charge in [0.15, 0.2) is 23.0 Å². The number of rotatable bonds is 6. The minimum absolute atomic E-state index is 0.171. The fraction of sp³-hybridized carbons (Fsp3) is 0.478. The van der Waals surface area contributed by atoms with Crippen molar-refractivity contribution in [3.63, 3.8) is 0 Å². The zero-order chi connectivity index (χ0) is 21.6. The molecule has 3 heterocycles. The van der Waals surface area contributed by atoms with Gasteiger partial charge in [-0.25, -0.2) is 0 Å². The summed E-state index contributed by atoms with van der Waals surface area (Å²) >= 11 is 5.49. The number of nitrogens with zero attached hydrogens (tertiary/aromatic N) is 4. The fourth-order valence-corrected chi connectivity index (χ4v) is 5.29. The van der Waals surface area contributed by atoms with Crippen LogP contribution in [0.1, 0.15) is 24.0 Å². The SMILES string of the molecule is O=C(C1CCN(Cc2ccncc2)CC1)N1CCN(Cc2cc(Br)ccc2OI)CC1. The number of halogens is 2. The summed E-state index contributed by atoms with van der Waals surface area (Å²) in [5.41, 5.74) is 2.46. The van der Waals surface area contributed by atoms with E-state index in [0.29, 0.717) is 5.91 Å². The van der Waals surface area contributed by atoms with Crippen LogP contribution in [0.4, 0.5) is 0 Å². The Bertz CT molecular complexity index is 869. The molecule has 31 heavy (non-hydrogen) atoms. The topological polar surface area (TPSA) is 48.9 Å². The maximum Gasteiger partial charge on any atom is 0.225 e. The molecule has 8 heteroatoms. The third-order valence-corrected chi connectivity index (χ3v) is 7.24. The molecular formula is C23H28BrIN4O2. The number of carbonyl (C=O) groups is 1. The first-order valence-corrected chi connectivity index (χ1v) is 12.5. The number of amides is 1. The first kappa shape index (κ1) is 22.9. The third-order valence-electron chi connectivity index (χ3n) is 6.28. The summed E-state index contributed by atoms with van der Waals surface area (Å²) in [6, 6.07) is 10.2. The molecule has 2 saturated heterocycles. The molecule has 0 saturated carbocycles. The van der Waals surface area contributed by atoms with E-state index >= 15 is 0 Å². The molecule has 0 aliphatic carbocycles. The smallest absolute Gasteiger partial charge is 0.225 e. The second-order valence-electron chi connectivity index (χ2n) is 8.34. The molecule has 2 aliphatic rings. The Morgan fingerprint density at radius 2 is 1.68 bits per heavy atom. The van der Waals surface area contributed by atoms with Gasteiger partial charge in [0.25, 0.3) is 0 Å². The highest BCUT2D eigenvalue weighted by Gasteiger charge is 2.30. The molecule has 0 radical (unpaired) electrons. The molecule has 2 aliphatic heterocycles. The van der Waals surface area contributed by atoms with Crippen LogP contribution in [0.2, 0.25) is 0 Å². The van der Waals surface area contributed by atoms with E-state index in [0.717, 1.165) is 75.4 Å². The largest absolute Gasteiger partial charge is 0.427 e. The maximum atomic E-state index is 13.1. The van der Waals surface area contributed by atoms with Gasteiger partial charge >= 0.3 is 0 Å². The average Bonchev–Trinajstić information content (AvgIpc) is 2.80. The Kier molecular flexibility index (Phi) is 8.19. The summed E-state index contributed by atoms with van der Waals surface area (Å²) in [6.07, 6.45) is 5.60. The molecule has 6 nitrogen and oxygen atoms in total. The molecule has 0 unspecified atom stereocenters. The highest BCUT2D eigenvalue weighted by molar-refractivity contribution is 14.1. The standard InChI is InChI=1S/C23H28BrIN4O2/c24-21-1-2-22(31-25)20(15-21)17-28-11-13-29(14-12-28)23(30)19-5-9-27(10-6-19)16-18-3-7-26-8-4-18/h1-4,7-8,15,19H,5-6,9-14,16-17H2. The zero-order valence-electron chi connectivity index (χ0n) is 17.6. The van der Waals surface area contributed by atoms with Crippen molar-refractivity contribution in [2.75, 3.05) is 39.3 Å². The molecule has 166 valence electrons. The summed E-state index contributed by atoms with van der Waals surface area (Å²) in [6.45, 7) is 7.18. The van der Waals surface area contributed by atoms with Crippen LogP contribution >= 0.6 is 38.9 Å². The van der Waals surface area contributed by atoms with E-state index in [-0.39, 0.29) is 5.92 Å². The van der Waals surface area contributed by atoms with Crippen LogP contribution in [0, 0.1) is 5.92 Å². The van der Waals surface area contributed by atoms with E-state index in [9.17, 15) is 4.79 Å². The molecule has 0 spiro atoms. The summed E-state index contributed by atoms with van der Waals surface area (Å²) < 4.78 is 6.54. The number of carbonyl (C=O) groups excluding carboxylic acids is 1. The summed E-state index contributed by atoms with van der Waals surface area (Å²) in [4.78, 5) is 24.1. The molecule has 0 N–H and O–H groups in total. The van der Waals surface area contributed by atoms with Gasteiger partial charge in [-0.3, -0.25) is 19.6 Å². The van der Waals surface area contributed by atoms with Gasteiger partial charge in [0.1, 0.15) is 5.75 Å². The molecule has 2 aromatic rings. The van der Waals surface area contributed by atoms with Crippen LogP contribution < -0.4 is 3.07 Å². The number of likely N-dealkylation sites (tertiary alicyclic amines) is 1.